The van der Waals surface area contributed by atoms with Crippen molar-refractivity contribution in [3.05, 3.63) is 64.2 Å². The first-order chi connectivity index (χ1) is 9.60. The summed E-state index contributed by atoms with van der Waals surface area (Å²) < 4.78 is 13.0. The quantitative estimate of drug-likeness (QED) is 0.898. The van der Waals surface area contributed by atoms with Gasteiger partial charge in [-0.25, -0.2) is 4.39 Å². The van der Waals surface area contributed by atoms with Gasteiger partial charge in [0.25, 0.3) is 0 Å². The van der Waals surface area contributed by atoms with E-state index in [1.54, 1.807) is 6.07 Å². The topological polar surface area (TPSA) is 24.9 Å². The standard InChI is InChI=1S/C16H18ClFN2/c1-3-19-16(15-7-6-13(18)10-20-15)9-12-5-4-11(2)8-14(12)17/h4-8,10,16,19H,3,9H2,1-2H3. The molecule has 1 N–H and O–H groups in total. The van der Waals surface area contributed by atoms with Crippen LogP contribution in [0.25, 0.3) is 0 Å². The molecule has 2 aromatic rings. The predicted molar refractivity (Wildman–Crippen MR) is 80.5 cm³/mol. The second kappa shape index (κ2) is 6.82. The van der Waals surface area contributed by atoms with Crippen molar-refractivity contribution in [1.29, 1.82) is 0 Å². The van der Waals surface area contributed by atoms with Crippen LogP contribution in [0.4, 0.5) is 4.39 Å². The third-order valence-electron chi connectivity index (χ3n) is 3.19. The SMILES string of the molecule is CCNC(Cc1ccc(C)cc1Cl)c1ccc(F)cn1. The average molecular weight is 293 g/mol. The predicted octanol–water partition coefficient (Wildman–Crippen LogP) is 4.08. The lowest BCUT2D eigenvalue weighted by atomic mass is 10.0. The number of benzene rings is 1. The highest BCUT2D eigenvalue weighted by Crippen LogP contribution is 2.23. The summed E-state index contributed by atoms with van der Waals surface area (Å²) in [5.41, 5.74) is 3.03. The molecule has 0 radical (unpaired) electrons. The summed E-state index contributed by atoms with van der Waals surface area (Å²) in [5, 5.41) is 4.12. The van der Waals surface area contributed by atoms with E-state index in [1.807, 2.05) is 32.0 Å². The van der Waals surface area contributed by atoms with Gasteiger partial charge < -0.3 is 5.32 Å². The van der Waals surface area contributed by atoms with Crippen LogP contribution in [0.5, 0.6) is 0 Å². The van der Waals surface area contributed by atoms with Gasteiger partial charge in [-0.15, -0.1) is 0 Å². The van der Waals surface area contributed by atoms with E-state index in [4.69, 9.17) is 11.6 Å². The minimum Gasteiger partial charge on any atom is -0.309 e. The first-order valence-corrected chi connectivity index (χ1v) is 7.07. The highest BCUT2D eigenvalue weighted by Gasteiger charge is 2.14. The summed E-state index contributed by atoms with van der Waals surface area (Å²) in [7, 11) is 0. The summed E-state index contributed by atoms with van der Waals surface area (Å²) in [5.74, 6) is -0.322. The van der Waals surface area contributed by atoms with Crippen LogP contribution < -0.4 is 5.32 Å². The molecular formula is C16H18ClFN2. The molecular weight excluding hydrogens is 275 g/mol. The monoisotopic (exact) mass is 292 g/mol. The number of hydrogen-bond donors (Lipinski definition) is 1. The van der Waals surface area contributed by atoms with Crippen LogP contribution in [0.15, 0.2) is 36.5 Å². The van der Waals surface area contributed by atoms with Gasteiger partial charge in [-0.2, -0.15) is 0 Å². The van der Waals surface area contributed by atoms with E-state index in [-0.39, 0.29) is 11.9 Å². The molecule has 4 heteroatoms. The van der Waals surface area contributed by atoms with Crippen LogP contribution in [0.1, 0.15) is 29.8 Å². The summed E-state index contributed by atoms with van der Waals surface area (Å²) in [6, 6.07) is 9.21. The molecule has 1 atom stereocenters. The zero-order valence-corrected chi connectivity index (χ0v) is 12.4. The number of rotatable bonds is 5. The number of halogens is 2. The van der Waals surface area contributed by atoms with Gasteiger partial charge in [0, 0.05) is 5.02 Å². The molecule has 20 heavy (non-hydrogen) atoms. The Hall–Kier alpha value is -1.45. The second-order valence-electron chi connectivity index (χ2n) is 4.81. The molecule has 106 valence electrons. The summed E-state index contributed by atoms with van der Waals surface area (Å²) in [6.45, 7) is 4.86. The van der Waals surface area contributed by atoms with E-state index < -0.39 is 0 Å². The maximum absolute atomic E-state index is 13.0. The Balaban J connectivity index is 2.22. The fourth-order valence-corrected chi connectivity index (χ4v) is 2.47. The lowest BCUT2D eigenvalue weighted by molar-refractivity contribution is 0.532. The third-order valence-corrected chi connectivity index (χ3v) is 3.54. The van der Waals surface area contributed by atoms with Crippen molar-refractivity contribution >= 4 is 11.6 Å². The fourth-order valence-electron chi connectivity index (χ4n) is 2.16. The van der Waals surface area contributed by atoms with E-state index in [0.717, 1.165) is 34.8 Å². The van der Waals surface area contributed by atoms with Gasteiger partial charge in [0.2, 0.25) is 0 Å². The molecule has 0 amide bonds. The number of aryl methyl sites for hydroxylation is 1. The first kappa shape index (κ1) is 14.9. The van der Waals surface area contributed by atoms with E-state index in [1.165, 1.54) is 12.3 Å². The number of pyridine rings is 1. The molecule has 0 spiro atoms. The third kappa shape index (κ3) is 3.78. The molecule has 0 fully saturated rings. The zero-order valence-electron chi connectivity index (χ0n) is 11.7. The van der Waals surface area contributed by atoms with Gasteiger partial charge in [0.05, 0.1) is 17.9 Å². The lowest BCUT2D eigenvalue weighted by Gasteiger charge is -2.18. The van der Waals surface area contributed by atoms with Gasteiger partial charge in [-0.3, -0.25) is 4.98 Å². The Morgan fingerprint density at radius 1 is 1.30 bits per heavy atom. The van der Waals surface area contributed by atoms with Crippen molar-refractivity contribution < 1.29 is 4.39 Å². The van der Waals surface area contributed by atoms with E-state index in [2.05, 4.69) is 10.3 Å². The molecule has 0 aliphatic carbocycles. The molecule has 0 saturated carbocycles. The molecule has 1 aromatic carbocycles. The maximum Gasteiger partial charge on any atom is 0.141 e. The van der Waals surface area contributed by atoms with E-state index in [0.29, 0.717) is 0 Å². The van der Waals surface area contributed by atoms with Crippen LogP contribution in [0.3, 0.4) is 0 Å². The molecule has 0 aliphatic rings. The number of hydrogen-bond acceptors (Lipinski definition) is 2. The van der Waals surface area contributed by atoms with E-state index >= 15 is 0 Å². The Morgan fingerprint density at radius 2 is 2.10 bits per heavy atom. The normalized spacial score (nSPS) is 12.4. The number of aromatic nitrogens is 1. The molecule has 1 unspecified atom stereocenters. The molecule has 1 aromatic heterocycles. The first-order valence-electron chi connectivity index (χ1n) is 6.70. The lowest BCUT2D eigenvalue weighted by Crippen LogP contribution is -2.24. The van der Waals surface area contributed by atoms with Crippen molar-refractivity contribution in [3.8, 4) is 0 Å². The van der Waals surface area contributed by atoms with E-state index in [9.17, 15) is 4.39 Å². The van der Waals surface area contributed by atoms with Gasteiger partial charge in [-0.05, 0) is 49.2 Å². The molecule has 0 aliphatic heterocycles. The number of likely N-dealkylation sites (N-methyl/N-ethyl adjacent to an activating group) is 1. The van der Waals surface area contributed by atoms with Gasteiger partial charge >= 0.3 is 0 Å². The molecule has 2 nitrogen and oxygen atoms in total. The van der Waals surface area contributed by atoms with Crippen LogP contribution in [-0.4, -0.2) is 11.5 Å². The fraction of sp³-hybridized carbons (Fsp3) is 0.312. The second-order valence-corrected chi connectivity index (χ2v) is 5.22. The maximum atomic E-state index is 13.0. The number of nitrogens with one attached hydrogen (secondary N) is 1. The van der Waals surface area contributed by atoms with Gasteiger partial charge in [0.15, 0.2) is 0 Å². The van der Waals surface area contributed by atoms with Crippen LogP contribution >= 0.6 is 11.6 Å². The Labute approximate surface area is 124 Å². The van der Waals surface area contributed by atoms with Crippen LogP contribution in [-0.2, 0) is 6.42 Å². The summed E-state index contributed by atoms with van der Waals surface area (Å²) >= 11 is 6.28. The van der Waals surface area contributed by atoms with Crippen molar-refractivity contribution in [3.63, 3.8) is 0 Å². The average Bonchev–Trinajstić information content (AvgIpc) is 2.42. The Bertz CT molecular complexity index is 569. The largest absolute Gasteiger partial charge is 0.309 e. The highest BCUT2D eigenvalue weighted by molar-refractivity contribution is 6.31. The van der Waals surface area contributed by atoms with Crippen molar-refractivity contribution in [2.24, 2.45) is 0 Å². The smallest absolute Gasteiger partial charge is 0.141 e. The molecule has 2 rings (SSSR count). The Morgan fingerprint density at radius 3 is 2.70 bits per heavy atom. The van der Waals surface area contributed by atoms with Crippen LogP contribution in [0, 0.1) is 12.7 Å². The highest BCUT2D eigenvalue weighted by atomic mass is 35.5. The minimum atomic E-state index is -0.322. The zero-order chi connectivity index (χ0) is 14.5. The van der Waals surface area contributed by atoms with Crippen LogP contribution in [0.2, 0.25) is 5.02 Å². The number of nitrogens with zero attached hydrogens (tertiary/aromatic N) is 1. The molecule has 0 bridgehead atoms. The van der Waals surface area contributed by atoms with Crippen molar-refractivity contribution in [1.82, 2.24) is 10.3 Å². The summed E-state index contributed by atoms with van der Waals surface area (Å²) in [4.78, 5) is 4.16. The van der Waals surface area contributed by atoms with Crippen molar-refractivity contribution in [2.75, 3.05) is 6.54 Å². The Kier molecular flexibility index (Phi) is 5.10. The summed E-state index contributed by atoms with van der Waals surface area (Å²) in [6.07, 6.45) is 1.97. The molecule has 0 saturated heterocycles. The van der Waals surface area contributed by atoms with Gasteiger partial charge in [-0.1, -0.05) is 30.7 Å². The molecule has 1 heterocycles. The minimum absolute atomic E-state index is 0.0285. The van der Waals surface area contributed by atoms with Crippen molar-refractivity contribution in [2.45, 2.75) is 26.3 Å². The van der Waals surface area contributed by atoms with Gasteiger partial charge in [0.1, 0.15) is 5.82 Å².